The highest BCUT2D eigenvalue weighted by Gasteiger charge is 2.47. The van der Waals surface area contributed by atoms with Crippen molar-refractivity contribution in [2.45, 2.75) is 57.1 Å². The number of rotatable bonds is 6. The summed E-state index contributed by atoms with van der Waals surface area (Å²) in [6, 6.07) is 20.8. The van der Waals surface area contributed by atoms with Gasteiger partial charge in [-0.2, -0.15) is 0 Å². The fourth-order valence-corrected chi connectivity index (χ4v) is 5.56. The van der Waals surface area contributed by atoms with Crippen molar-refractivity contribution >= 4 is 5.78 Å². The number of benzene rings is 2. The Labute approximate surface area is 174 Å². The van der Waals surface area contributed by atoms with E-state index in [1.54, 1.807) is 0 Å². The molecule has 2 aromatic rings. The van der Waals surface area contributed by atoms with Crippen LogP contribution in [-0.2, 0) is 16.8 Å². The number of aliphatic hydroxyl groups is 1. The molecule has 2 fully saturated rings. The smallest absolute Gasteiger partial charge is 0.166 e. The molecule has 3 heteroatoms. The molecule has 3 atom stereocenters. The van der Waals surface area contributed by atoms with Crippen LogP contribution in [0.15, 0.2) is 60.7 Å². The second-order valence-corrected chi connectivity index (χ2v) is 9.02. The normalized spacial score (nSPS) is 25.6. The molecule has 0 radical (unpaired) electrons. The van der Waals surface area contributed by atoms with Gasteiger partial charge in [-0.15, -0.1) is 0 Å². The molecule has 154 valence electrons. The largest absolute Gasteiger partial charge is 0.377 e. The molecule has 1 saturated heterocycles. The van der Waals surface area contributed by atoms with Gasteiger partial charge in [-0.3, -0.25) is 4.79 Å². The highest BCUT2D eigenvalue weighted by Crippen LogP contribution is 2.43. The number of Topliss-reactive ketones (excluding diaryl/α,β-unsaturated/α-hetero) is 1. The van der Waals surface area contributed by atoms with Crippen molar-refractivity contribution in [3.63, 3.8) is 0 Å². The van der Waals surface area contributed by atoms with Gasteiger partial charge in [0.05, 0.1) is 0 Å². The van der Waals surface area contributed by atoms with Crippen LogP contribution in [0.5, 0.6) is 0 Å². The maximum atomic E-state index is 12.5. The van der Waals surface area contributed by atoms with Crippen LogP contribution in [0.3, 0.4) is 0 Å². The summed E-state index contributed by atoms with van der Waals surface area (Å²) in [5.74, 6) is 0.648. The first-order chi connectivity index (χ1) is 14.1. The van der Waals surface area contributed by atoms with E-state index < -0.39 is 5.60 Å². The second-order valence-electron chi connectivity index (χ2n) is 9.02. The Morgan fingerprint density at radius 1 is 0.966 bits per heavy atom. The third-order valence-corrected chi connectivity index (χ3v) is 7.28. The van der Waals surface area contributed by atoms with Gasteiger partial charge in [0, 0.05) is 12.0 Å². The zero-order chi connectivity index (χ0) is 20.3. The zero-order valence-corrected chi connectivity index (χ0v) is 17.5. The van der Waals surface area contributed by atoms with Crippen LogP contribution < -0.4 is 0 Å². The summed E-state index contributed by atoms with van der Waals surface area (Å²) < 4.78 is 0. The summed E-state index contributed by atoms with van der Waals surface area (Å²) in [6.07, 6.45) is 6.57. The molecule has 1 saturated carbocycles. The van der Waals surface area contributed by atoms with Gasteiger partial charge in [0.25, 0.3) is 0 Å². The van der Waals surface area contributed by atoms with Crippen molar-refractivity contribution in [2.24, 2.45) is 11.8 Å². The number of nitrogens with zero attached hydrogens (tertiary/aromatic N) is 1. The van der Waals surface area contributed by atoms with Gasteiger partial charge < -0.3 is 10.0 Å². The van der Waals surface area contributed by atoms with Crippen LogP contribution in [0.2, 0.25) is 0 Å². The topological polar surface area (TPSA) is 40.5 Å². The van der Waals surface area contributed by atoms with Crippen molar-refractivity contribution in [3.8, 4) is 0 Å². The lowest BCUT2D eigenvalue weighted by Crippen LogP contribution is -2.43. The predicted molar refractivity (Wildman–Crippen MR) is 117 cm³/mol. The standard InChI is InChI=1S/C26H33NO2/c1-20(28)26(29,23-10-6-3-7-11-23)24-12-13-25(19-24)27-16-14-22(15-17-27)18-21-8-4-2-5-9-21/h2-11,22,24-25,29H,12-19H2,1H3. The average Bonchev–Trinajstić information content (AvgIpc) is 3.25. The molecule has 3 nitrogen and oxygen atoms in total. The molecular formula is C26H33NO2. The molecule has 1 N–H and O–H groups in total. The fourth-order valence-electron chi connectivity index (χ4n) is 5.56. The monoisotopic (exact) mass is 391 g/mol. The number of piperidine rings is 1. The van der Waals surface area contributed by atoms with E-state index in [9.17, 15) is 9.90 Å². The Morgan fingerprint density at radius 3 is 2.21 bits per heavy atom. The third-order valence-electron chi connectivity index (χ3n) is 7.28. The van der Waals surface area contributed by atoms with Crippen molar-refractivity contribution in [3.05, 3.63) is 71.8 Å². The molecule has 2 aromatic carbocycles. The summed E-state index contributed by atoms with van der Waals surface area (Å²) in [6.45, 7) is 3.81. The molecule has 0 aromatic heterocycles. The maximum absolute atomic E-state index is 12.5. The summed E-state index contributed by atoms with van der Waals surface area (Å²) in [7, 11) is 0. The minimum atomic E-state index is -1.35. The Balaban J connectivity index is 1.36. The Hall–Kier alpha value is -1.97. The number of ketones is 1. The molecule has 0 amide bonds. The van der Waals surface area contributed by atoms with E-state index >= 15 is 0 Å². The van der Waals surface area contributed by atoms with Crippen LogP contribution in [0, 0.1) is 11.8 Å². The van der Waals surface area contributed by atoms with Crippen molar-refractivity contribution < 1.29 is 9.90 Å². The number of hydrogen-bond donors (Lipinski definition) is 1. The van der Waals surface area contributed by atoms with Gasteiger partial charge in [0.2, 0.25) is 0 Å². The SMILES string of the molecule is CC(=O)C(O)(c1ccccc1)C1CCC(N2CCC(Cc3ccccc3)CC2)C1. The van der Waals surface area contributed by atoms with E-state index in [0.717, 1.165) is 43.8 Å². The first-order valence-corrected chi connectivity index (χ1v) is 11.1. The predicted octanol–water partition coefficient (Wildman–Crippen LogP) is 4.59. The molecule has 4 rings (SSSR count). The van der Waals surface area contributed by atoms with Crippen molar-refractivity contribution in [1.29, 1.82) is 0 Å². The molecule has 0 bridgehead atoms. The van der Waals surface area contributed by atoms with Gasteiger partial charge in [-0.25, -0.2) is 0 Å². The van der Waals surface area contributed by atoms with Crippen LogP contribution in [0.25, 0.3) is 0 Å². The molecule has 1 aliphatic heterocycles. The van der Waals surface area contributed by atoms with Gasteiger partial charge in [-0.1, -0.05) is 60.7 Å². The lowest BCUT2D eigenvalue weighted by molar-refractivity contribution is -0.142. The minimum Gasteiger partial charge on any atom is -0.377 e. The second kappa shape index (κ2) is 8.81. The third kappa shape index (κ3) is 4.31. The Kier molecular flexibility index (Phi) is 6.17. The van der Waals surface area contributed by atoms with E-state index in [1.165, 1.54) is 31.7 Å². The van der Waals surface area contributed by atoms with E-state index in [-0.39, 0.29) is 11.7 Å². The maximum Gasteiger partial charge on any atom is 0.166 e. The van der Waals surface area contributed by atoms with Crippen LogP contribution >= 0.6 is 0 Å². The van der Waals surface area contributed by atoms with Gasteiger partial charge >= 0.3 is 0 Å². The first kappa shape index (κ1) is 20.3. The first-order valence-electron chi connectivity index (χ1n) is 11.1. The van der Waals surface area contributed by atoms with Crippen LogP contribution in [0.4, 0.5) is 0 Å². The number of likely N-dealkylation sites (tertiary alicyclic amines) is 1. The number of hydrogen-bond acceptors (Lipinski definition) is 3. The lowest BCUT2D eigenvalue weighted by Gasteiger charge is -2.37. The number of carbonyl (C=O) groups is 1. The van der Waals surface area contributed by atoms with E-state index in [4.69, 9.17) is 0 Å². The van der Waals surface area contributed by atoms with Crippen LogP contribution in [0.1, 0.15) is 50.2 Å². The molecule has 3 unspecified atom stereocenters. The Bertz CT molecular complexity index is 798. The van der Waals surface area contributed by atoms with Crippen molar-refractivity contribution in [2.75, 3.05) is 13.1 Å². The molecule has 1 aliphatic carbocycles. The van der Waals surface area contributed by atoms with E-state index in [2.05, 4.69) is 35.2 Å². The lowest BCUT2D eigenvalue weighted by atomic mass is 9.77. The van der Waals surface area contributed by atoms with Crippen LogP contribution in [-0.4, -0.2) is 34.9 Å². The zero-order valence-electron chi connectivity index (χ0n) is 17.5. The number of carbonyl (C=O) groups excluding carboxylic acids is 1. The van der Waals surface area contributed by atoms with Gasteiger partial charge in [0.1, 0.15) is 0 Å². The summed E-state index contributed by atoms with van der Waals surface area (Å²) >= 11 is 0. The molecule has 2 aliphatic rings. The minimum absolute atomic E-state index is 0.00874. The molecule has 29 heavy (non-hydrogen) atoms. The quantitative estimate of drug-likeness (QED) is 0.783. The Morgan fingerprint density at radius 2 is 1.59 bits per heavy atom. The van der Waals surface area contributed by atoms with Crippen molar-refractivity contribution in [1.82, 2.24) is 4.90 Å². The molecule has 1 heterocycles. The summed E-state index contributed by atoms with van der Waals surface area (Å²) in [5.41, 5.74) is 0.850. The highest BCUT2D eigenvalue weighted by molar-refractivity contribution is 5.86. The fraction of sp³-hybridized carbons (Fsp3) is 0.500. The highest BCUT2D eigenvalue weighted by atomic mass is 16.3. The van der Waals surface area contributed by atoms with E-state index in [0.29, 0.717) is 6.04 Å². The van der Waals surface area contributed by atoms with Gasteiger partial charge in [0.15, 0.2) is 11.4 Å². The van der Waals surface area contributed by atoms with E-state index in [1.807, 2.05) is 30.3 Å². The summed E-state index contributed by atoms with van der Waals surface area (Å²) in [5, 5.41) is 11.4. The average molecular weight is 392 g/mol. The van der Waals surface area contributed by atoms with Gasteiger partial charge in [-0.05, 0) is 75.6 Å². The molecule has 0 spiro atoms. The summed E-state index contributed by atoms with van der Waals surface area (Å²) in [4.78, 5) is 15.1. The molecular weight excluding hydrogens is 358 g/mol.